The fraction of sp³-hybridized carbons (Fsp3) is 1.00. The molecule has 14 heavy (non-hydrogen) atoms. The van der Waals surface area contributed by atoms with Crippen molar-refractivity contribution in [3.05, 3.63) is 0 Å². The minimum atomic E-state index is -0.154. The molecular weight excluding hydrogens is 175 g/mol. The maximum Gasteiger partial charge on any atom is 0.461 e. The molecule has 0 spiro atoms. The Labute approximate surface area is 87.5 Å². The van der Waals surface area contributed by atoms with Crippen LogP contribution >= 0.6 is 0 Å². The van der Waals surface area contributed by atoms with Gasteiger partial charge in [0.1, 0.15) is 0 Å². The van der Waals surface area contributed by atoms with E-state index in [9.17, 15) is 0 Å². The van der Waals surface area contributed by atoms with Crippen LogP contribution in [-0.4, -0.2) is 18.3 Å². The summed E-state index contributed by atoms with van der Waals surface area (Å²) in [7, 11) is 0.0462. The van der Waals surface area contributed by atoms with E-state index in [2.05, 4.69) is 34.6 Å². The Morgan fingerprint density at radius 1 is 1.14 bits per heavy atom. The molecule has 2 aliphatic rings. The SMILES string of the molecule is CC[C@@H]1C[C@H]1B1OC(C)(C)C(C)(C)O1. The van der Waals surface area contributed by atoms with Crippen molar-refractivity contribution >= 4 is 7.12 Å². The predicted molar refractivity (Wildman–Crippen MR) is 58.2 cm³/mol. The van der Waals surface area contributed by atoms with Gasteiger partial charge in [-0.25, -0.2) is 0 Å². The van der Waals surface area contributed by atoms with Crippen LogP contribution in [0, 0.1) is 5.92 Å². The first kappa shape index (κ1) is 10.5. The molecule has 0 unspecified atom stereocenters. The Hall–Kier alpha value is -0.0151. The summed E-state index contributed by atoms with van der Waals surface area (Å²) in [5.74, 6) is 1.49. The van der Waals surface area contributed by atoms with E-state index in [1.165, 1.54) is 12.8 Å². The molecule has 0 N–H and O–H groups in total. The molecular formula is C11H21BO2. The number of hydrogen-bond acceptors (Lipinski definition) is 2. The third kappa shape index (κ3) is 1.51. The molecule has 1 heterocycles. The van der Waals surface area contributed by atoms with Crippen LogP contribution in [0.2, 0.25) is 5.82 Å². The quantitative estimate of drug-likeness (QED) is 0.632. The van der Waals surface area contributed by atoms with Gasteiger partial charge < -0.3 is 9.31 Å². The molecule has 0 aromatic rings. The van der Waals surface area contributed by atoms with Crippen LogP contribution in [0.4, 0.5) is 0 Å². The van der Waals surface area contributed by atoms with Gasteiger partial charge >= 0.3 is 7.12 Å². The highest BCUT2D eigenvalue weighted by Gasteiger charge is 2.58. The third-order valence-electron chi connectivity index (χ3n) is 4.12. The van der Waals surface area contributed by atoms with E-state index < -0.39 is 0 Å². The van der Waals surface area contributed by atoms with Crippen molar-refractivity contribution in [2.24, 2.45) is 5.92 Å². The predicted octanol–water partition coefficient (Wildman–Crippen LogP) is 2.88. The van der Waals surface area contributed by atoms with Gasteiger partial charge in [0.25, 0.3) is 0 Å². The molecule has 2 nitrogen and oxygen atoms in total. The topological polar surface area (TPSA) is 18.5 Å². The second-order valence-corrected chi connectivity index (χ2v) is 5.69. The molecule has 1 saturated carbocycles. The lowest BCUT2D eigenvalue weighted by Gasteiger charge is -2.32. The first-order valence-electron chi connectivity index (χ1n) is 5.73. The maximum absolute atomic E-state index is 6.00. The van der Waals surface area contributed by atoms with Crippen molar-refractivity contribution in [2.75, 3.05) is 0 Å². The van der Waals surface area contributed by atoms with Crippen LogP contribution in [0.25, 0.3) is 0 Å². The molecule has 2 atom stereocenters. The van der Waals surface area contributed by atoms with Crippen molar-refractivity contribution in [3.63, 3.8) is 0 Å². The Kier molecular flexibility index (Phi) is 2.24. The summed E-state index contributed by atoms with van der Waals surface area (Å²) < 4.78 is 12.0. The summed E-state index contributed by atoms with van der Waals surface area (Å²) in [4.78, 5) is 0. The standard InChI is InChI=1S/C11H21BO2/c1-6-8-7-9(8)12-13-10(2,3)11(4,5)14-12/h8-9H,6-7H2,1-5H3/t8-,9-/m1/s1. The molecule has 2 rings (SSSR count). The van der Waals surface area contributed by atoms with E-state index in [-0.39, 0.29) is 18.3 Å². The van der Waals surface area contributed by atoms with Gasteiger partial charge in [-0.15, -0.1) is 0 Å². The van der Waals surface area contributed by atoms with Crippen LogP contribution < -0.4 is 0 Å². The van der Waals surface area contributed by atoms with Gasteiger partial charge in [0, 0.05) is 0 Å². The number of rotatable bonds is 2. The van der Waals surface area contributed by atoms with Gasteiger partial charge in [-0.2, -0.15) is 0 Å². The summed E-state index contributed by atoms with van der Waals surface area (Å²) in [5.41, 5.74) is -0.308. The van der Waals surface area contributed by atoms with Crippen LogP contribution in [0.5, 0.6) is 0 Å². The molecule has 0 aromatic carbocycles. The number of hydrogen-bond donors (Lipinski definition) is 0. The largest absolute Gasteiger partial charge is 0.461 e. The highest BCUT2D eigenvalue weighted by atomic mass is 16.7. The van der Waals surface area contributed by atoms with Gasteiger partial charge in [0.2, 0.25) is 0 Å². The van der Waals surface area contributed by atoms with Crippen molar-refractivity contribution in [3.8, 4) is 0 Å². The molecule has 1 aliphatic heterocycles. The first-order chi connectivity index (χ1) is 6.37. The highest BCUT2D eigenvalue weighted by molar-refractivity contribution is 6.48. The molecule has 2 fully saturated rings. The molecule has 1 aliphatic carbocycles. The van der Waals surface area contributed by atoms with Gasteiger partial charge in [-0.1, -0.05) is 13.3 Å². The van der Waals surface area contributed by atoms with E-state index in [4.69, 9.17) is 9.31 Å². The Balaban J connectivity index is 2.01. The summed E-state index contributed by atoms with van der Waals surface area (Å²) >= 11 is 0. The fourth-order valence-corrected chi connectivity index (χ4v) is 2.14. The first-order valence-corrected chi connectivity index (χ1v) is 5.73. The lowest BCUT2D eigenvalue weighted by molar-refractivity contribution is 0.00578. The molecule has 0 bridgehead atoms. The second-order valence-electron chi connectivity index (χ2n) is 5.69. The lowest BCUT2D eigenvalue weighted by Crippen LogP contribution is -2.41. The summed E-state index contributed by atoms with van der Waals surface area (Å²) in [5, 5.41) is 0. The van der Waals surface area contributed by atoms with Gasteiger partial charge in [0.05, 0.1) is 11.2 Å². The Morgan fingerprint density at radius 3 is 2.00 bits per heavy atom. The smallest absolute Gasteiger partial charge is 0.403 e. The zero-order chi connectivity index (χ0) is 10.6. The van der Waals surface area contributed by atoms with E-state index in [0.717, 1.165) is 5.92 Å². The lowest BCUT2D eigenvalue weighted by atomic mass is 9.80. The van der Waals surface area contributed by atoms with Crippen molar-refractivity contribution in [1.29, 1.82) is 0 Å². The van der Waals surface area contributed by atoms with Gasteiger partial charge in [-0.3, -0.25) is 0 Å². The Bertz CT molecular complexity index is 221. The zero-order valence-corrected chi connectivity index (χ0v) is 9.96. The van der Waals surface area contributed by atoms with Crippen LogP contribution in [0.15, 0.2) is 0 Å². The van der Waals surface area contributed by atoms with E-state index in [1.807, 2.05) is 0 Å². The minimum absolute atomic E-state index is 0.0462. The molecule has 3 heteroatoms. The average Bonchev–Trinajstić information content (AvgIpc) is 2.75. The van der Waals surface area contributed by atoms with Crippen LogP contribution in [0.1, 0.15) is 47.5 Å². The molecule has 0 amide bonds. The van der Waals surface area contributed by atoms with Crippen molar-refractivity contribution in [1.82, 2.24) is 0 Å². The molecule has 80 valence electrons. The average molecular weight is 196 g/mol. The van der Waals surface area contributed by atoms with Crippen LogP contribution in [-0.2, 0) is 9.31 Å². The zero-order valence-electron chi connectivity index (χ0n) is 9.96. The second kappa shape index (κ2) is 2.99. The normalized spacial score (nSPS) is 38.8. The van der Waals surface area contributed by atoms with Gasteiger partial charge in [-0.05, 0) is 45.9 Å². The van der Waals surface area contributed by atoms with Crippen molar-refractivity contribution in [2.45, 2.75) is 64.5 Å². The van der Waals surface area contributed by atoms with Gasteiger partial charge in [0.15, 0.2) is 0 Å². The fourth-order valence-electron chi connectivity index (χ4n) is 2.14. The van der Waals surface area contributed by atoms with E-state index in [0.29, 0.717) is 5.82 Å². The molecule has 1 saturated heterocycles. The maximum atomic E-state index is 6.00. The van der Waals surface area contributed by atoms with Crippen LogP contribution in [0.3, 0.4) is 0 Å². The van der Waals surface area contributed by atoms with E-state index >= 15 is 0 Å². The summed E-state index contributed by atoms with van der Waals surface area (Å²) in [6.45, 7) is 10.7. The molecule has 0 radical (unpaired) electrons. The monoisotopic (exact) mass is 196 g/mol. The summed E-state index contributed by atoms with van der Waals surface area (Å²) in [6, 6.07) is 0. The summed E-state index contributed by atoms with van der Waals surface area (Å²) in [6.07, 6.45) is 2.54. The third-order valence-corrected chi connectivity index (χ3v) is 4.12. The molecule has 0 aromatic heterocycles. The Morgan fingerprint density at radius 2 is 1.64 bits per heavy atom. The minimum Gasteiger partial charge on any atom is -0.403 e. The highest BCUT2D eigenvalue weighted by Crippen LogP contribution is 2.54. The van der Waals surface area contributed by atoms with Crippen molar-refractivity contribution < 1.29 is 9.31 Å². The van der Waals surface area contributed by atoms with E-state index in [1.54, 1.807) is 0 Å².